The van der Waals surface area contributed by atoms with E-state index in [9.17, 15) is 0 Å². The Labute approximate surface area is 199 Å². The van der Waals surface area contributed by atoms with Crippen LogP contribution in [0.15, 0.2) is 121 Å². The fourth-order valence-electron chi connectivity index (χ4n) is 5.63. The Bertz CT molecular complexity index is 1800. The van der Waals surface area contributed by atoms with Crippen molar-refractivity contribution in [3.8, 4) is 0 Å². The monoisotopic (exact) mass is 432 g/mol. The summed E-state index contributed by atoms with van der Waals surface area (Å²) in [6, 6.07) is 40.2. The Hall–Kier alpha value is -4.16. The molecule has 0 fully saturated rings. The summed E-state index contributed by atoms with van der Waals surface area (Å²) in [5, 5.41) is 10.5. The lowest BCUT2D eigenvalue weighted by atomic mass is 9.84. The normalized spacial score (nSPS) is 14.0. The van der Waals surface area contributed by atoms with Crippen LogP contribution in [0.3, 0.4) is 0 Å². The Kier molecular flexibility index (Phi) is 4.38. The van der Waals surface area contributed by atoms with E-state index in [2.05, 4.69) is 121 Å². The van der Waals surface area contributed by atoms with Gasteiger partial charge in [0.25, 0.3) is 0 Å². The summed E-state index contributed by atoms with van der Waals surface area (Å²) in [5.41, 5.74) is 5.49. The minimum atomic E-state index is 1.06. The third-order valence-electron chi connectivity index (χ3n) is 7.28. The minimum Gasteiger partial charge on any atom is -0.0836 e. The molecule has 0 saturated heterocycles. The van der Waals surface area contributed by atoms with Gasteiger partial charge in [-0.15, -0.1) is 0 Å². The van der Waals surface area contributed by atoms with Gasteiger partial charge in [-0.2, -0.15) is 0 Å². The highest BCUT2D eigenvalue weighted by Crippen LogP contribution is 2.41. The zero-order valence-corrected chi connectivity index (χ0v) is 19.0. The summed E-state index contributed by atoms with van der Waals surface area (Å²) in [6.07, 6.45) is 6.82. The first-order chi connectivity index (χ1) is 16.8. The molecule has 0 N–H and O–H groups in total. The van der Waals surface area contributed by atoms with Crippen LogP contribution in [0.1, 0.15) is 24.0 Å². The summed E-state index contributed by atoms with van der Waals surface area (Å²) in [6.45, 7) is 0. The molecule has 0 bridgehead atoms. The molecule has 0 nitrogen and oxygen atoms in total. The molecule has 6 aromatic rings. The second kappa shape index (κ2) is 7.71. The Balaban J connectivity index is 1.53. The van der Waals surface area contributed by atoms with Gasteiger partial charge in [-0.25, -0.2) is 0 Å². The molecule has 6 aromatic carbocycles. The molecule has 0 unspecified atom stereocenters. The predicted molar refractivity (Wildman–Crippen MR) is 148 cm³/mol. The van der Waals surface area contributed by atoms with Crippen LogP contribution in [-0.2, 0) is 0 Å². The van der Waals surface area contributed by atoms with Gasteiger partial charge in [0.2, 0.25) is 0 Å². The van der Waals surface area contributed by atoms with Crippen molar-refractivity contribution in [2.75, 3.05) is 0 Å². The molecule has 0 atom stereocenters. The van der Waals surface area contributed by atoms with Crippen molar-refractivity contribution in [3.05, 3.63) is 132 Å². The average molecular weight is 433 g/mol. The van der Waals surface area contributed by atoms with Gasteiger partial charge in [0.15, 0.2) is 0 Å². The van der Waals surface area contributed by atoms with E-state index < -0.39 is 0 Å². The summed E-state index contributed by atoms with van der Waals surface area (Å²) < 4.78 is 0. The minimum absolute atomic E-state index is 1.06. The Morgan fingerprint density at radius 2 is 0.941 bits per heavy atom. The fourth-order valence-corrected chi connectivity index (χ4v) is 5.63. The summed E-state index contributed by atoms with van der Waals surface area (Å²) in [5.74, 6) is 0. The molecule has 160 valence electrons. The van der Waals surface area contributed by atoms with E-state index in [1.54, 1.807) is 0 Å². The van der Waals surface area contributed by atoms with E-state index in [1.807, 2.05) is 0 Å². The van der Waals surface area contributed by atoms with Crippen LogP contribution < -0.4 is 0 Å². The lowest BCUT2D eigenvalue weighted by Gasteiger charge is -2.20. The largest absolute Gasteiger partial charge is 0.0836 e. The first kappa shape index (κ1) is 19.3. The number of allylic oxidation sites excluding steroid dienone is 4. The van der Waals surface area contributed by atoms with Gasteiger partial charge >= 0.3 is 0 Å². The lowest BCUT2D eigenvalue weighted by molar-refractivity contribution is 1.06. The topological polar surface area (TPSA) is 0 Å². The second-order valence-corrected chi connectivity index (χ2v) is 9.29. The Morgan fingerprint density at radius 3 is 1.56 bits per heavy atom. The van der Waals surface area contributed by atoms with Crippen LogP contribution >= 0.6 is 0 Å². The maximum atomic E-state index is 2.37. The van der Waals surface area contributed by atoms with Crippen molar-refractivity contribution in [1.82, 2.24) is 0 Å². The van der Waals surface area contributed by atoms with E-state index in [0.29, 0.717) is 0 Å². The van der Waals surface area contributed by atoms with Gasteiger partial charge < -0.3 is 0 Å². The predicted octanol–water partition coefficient (Wildman–Crippen LogP) is 9.56. The first-order valence-electron chi connectivity index (χ1n) is 12.1. The van der Waals surface area contributed by atoms with Crippen molar-refractivity contribution < 1.29 is 0 Å². The standard InChI is InChI=1S/C34H24/c1-3-11-25-21-33-27(19-23(25)9-1)13-7-17-31(33)29-15-5-6-16-30(29)32-18-8-14-28-20-24-10-2-4-12-26(24)22-34(28)32/h1-5,7-15,17-22H,6,16H2. The van der Waals surface area contributed by atoms with Gasteiger partial charge in [0, 0.05) is 0 Å². The molecule has 7 rings (SSSR count). The van der Waals surface area contributed by atoms with Crippen molar-refractivity contribution in [2.45, 2.75) is 12.8 Å². The number of fused-ring (bicyclic) bond motifs is 4. The smallest absolute Gasteiger partial charge is 0.00989 e. The quantitative estimate of drug-likeness (QED) is 0.239. The number of benzene rings is 6. The van der Waals surface area contributed by atoms with Gasteiger partial charge in [-0.3, -0.25) is 0 Å². The SMILES string of the molecule is C1=CC(c2cccc3cc4ccccc4cc23)=C(c2cccc3cc4ccccc4cc23)CC1. The Morgan fingerprint density at radius 1 is 0.441 bits per heavy atom. The first-order valence-corrected chi connectivity index (χ1v) is 12.1. The molecular formula is C34H24. The van der Waals surface area contributed by atoms with Crippen LogP contribution in [0.5, 0.6) is 0 Å². The molecule has 0 aromatic heterocycles. The number of hydrogen-bond acceptors (Lipinski definition) is 0. The fraction of sp³-hybridized carbons (Fsp3) is 0.0588. The van der Waals surface area contributed by atoms with Crippen molar-refractivity contribution >= 4 is 54.2 Å². The summed E-state index contributed by atoms with van der Waals surface area (Å²) in [4.78, 5) is 0. The molecular weight excluding hydrogens is 408 g/mol. The molecule has 34 heavy (non-hydrogen) atoms. The zero-order valence-electron chi connectivity index (χ0n) is 19.0. The molecule has 0 amide bonds. The van der Waals surface area contributed by atoms with Gasteiger partial charge in [0.1, 0.15) is 0 Å². The van der Waals surface area contributed by atoms with E-state index >= 15 is 0 Å². The highest BCUT2D eigenvalue weighted by atomic mass is 14.2. The maximum Gasteiger partial charge on any atom is -0.00989 e. The van der Waals surface area contributed by atoms with Crippen molar-refractivity contribution in [2.24, 2.45) is 0 Å². The van der Waals surface area contributed by atoms with Gasteiger partial charge in [-0.05, 0) is 102 Å². The third-order valence-corrected chi connectivity index (χ3v) is 7.28. The number of hydrogen-bond donors (Lipinski definition) is 0. The molecule has 0 radical (unpaired) electrons. The van der Waals surface area contributed by atoms with Gasteiger partial charge in [-0.1, -0.05) is 97.1 Å². The average Bonchev–Trinajstić information content (AvgIpc) is 2.90. The molecule has 0 spiro atoms. The molecule has 0 heterocycles. The van der Waals surface area contributed by atoms with Crippen LogP contribution in [0.25, 0.3) is 54.2 Å². The van der Waals surface area contributed by atoms with Crippen LogP contribution in [-0.4, -0.2) is 0 Å². The lowest BCUT2D eigenvalue weighted by Crippen LogP contribution is -1.97. The van der Waals surface area contributed by atoms with E-state index in [0.717, 1.165) is 12.8 Å². The second-order valence-electron chi connectivity index (χ2n) is 9.29. The maximum absolute atomic E-state index is 2.37. The van der Waals surface area contributed by atoms with Crippen LogP contribution in [0.2, 0.25) is 0 Å². The summed E-state index contributed by atoms with van der Waals surface area (Å²) >= 11 is 0. The molecule has 1 aliphatic rings. The third kappa shape index (κ3) is 3.07. The van der Waals surface area contributed by atoms with Crippen molar-refractivity contribution in [3.63, 3.8) is 0 Å². The zero-order chi connectivity index (χ0) is 22.5. The van der Waals surface area contributed by atoms with E-state index in [-0.39, 0.29) is 0 Å². The molecule has 1 aliphatic carbocycles. The highest BCUT2D eigenvalue weighted by Gasteiger charge is 2.17. The van der Waals surface area contributed by atoms with Crippen molar-refractivity contribution in [1.29, 1.82) is 0 Å². The molecule has 0 saturated carbocycles. The molecule has 0 heteroatoms. The van der Waals surface area contributed by atoms with E-state index in [4.69, 9.17) is 0 Å². The molecule has 0 aliphatic heterocycles. The van der Waals surface area contributed by atoms with E-state index in [1.165, 1.54) is 65.4 Å². The highest BCUT2D eigenvalue weighted by molar-refractivity contribution is 6.12. The number of rotatable bonds is 2. The van der Waals surface area contributed by atoms with Gasteiger partial charge in [0.05, 0.1) is 0 Å². The van der Waals surface area contributed by atoms with Crippen LogP contribution in [0.4, 0.5) is 0 Å². The summed E-state index contributed by atoms with van der Waals surface area (Å²) in [7, 11) is 0. The van der Waals surface area contributed by atoms with Crippen LogP contribution in [0, 0.1) is 0 Å².